The molecule has 0 aliphatic heterocycles. The molecule has 0 spiro atoms. The van der Waals surface area contributed by atoms with Gasteiger partial charge in [0.05, 0.1) is 22.2 Å². The number of ether oxygens (including phenoxy) is 1. The molecule has 0 amide bonds. The summed E-state index contributed by atoms with van der Waals surface area (Å²) in [4.78, 5) is 23.4. The summed E-state index contributed by atoms with van der Waals surface area (Å²) in [6, 6.07) is 15.4. The molecule has 9 heteroatoms. The second-order valence-corrected chi connectivity index (χ2v) is 9.68. The zero-order valence-electron chi connectivity index (χ0n) is 17.9. The van der Waals surface area contributed by atoms with Crippen LogP contribution in [0.5, 0.6) is 6.01 Å². The van der Waals surface area contributed by atoms with Crippen LogP contribution in [0, 0.1) is 5.92 Å². The van der Waals surface area contributed by atoms with Crippen LogP contribution in [0.3, 0.4) is 0 Å². The number of rotatable bonds is 5. The summed E-state index contributed by atoms with van der Waals surface area (Å²) in [5, 5.41) is 10.8. The molecule has 2 aromatic carbocycles. The van der Waals surface area contributed by atoms with Crippen molar-refractivity contribution in [2.75, 3.05) is 0 Å². The molecule has 1 saturated carbocycles. The first kappa shape index (κ1) is 23.0. The average Bonchev–Trinajstić information content (AvgIpc) is 3.19. The van der Waals surface area contributed by atoms with Gasteiger partial charge in [-0.05, 0) is 61.1 Å². The zero-order chi connectivity index (χ0) is 23.8. The number of aliphatic carboxylic acids is 1. The van der Waals surface area contributed by atoms with Gasteiger partial charge in [-0.2, -0.15) is 4.98 Å². The third kappa shape index (κ3) is 4.85. The number of imidazole rings is 1. The van der Waals surface area contributed by atoms with Gasteiger partial charge >= 0.3 is 5.97 Å². The fourth-order valence-corrected chi connectivity index (χ4v) is 5.07. The number of aromatic amines is 1. The highest BCUT2D eigenvalue weighted by molar-refractivity contribution is 6.35. The van der Waals surface area contributed by atoms with Crippen molar-refractivity contribution in [2.45, 2.75) is 31.8 Å². The fraction of sp³-hybridized carbons (Fsp3) is 0.240. The monoisotopic (exact) mass is 515 g/mol. The minimum atomic E-state index is -0.738. The molecule has 34 heavy (non-hydrogen) atoms. The van der Waals surface area contributed by atoms with E-state index in [2.05, 4.69) is 15.0 Å². The Labute approximate surface area is 210 Å². The molecule has 1 aliphatic rings. The van der Waals surface area contributed by atoms with E-state index < -0.39 is 5.97 Å². The first-order chi connectivity index (χ1) is 16.4. The van der Waals surface area contributed by atoms with Gasteiger partial charge in [-0.1, -0.05) is 59.1 Å². The van der Waals surface area contributed by atoms with E-state index in [-0.39, 0.29) is 12.0 Å². The van der Waals surface area contributed by atoms with Crippen molar-refractivity contribution in [2.24, 2.45) is 5.92 Å². The van der Waals surface area contributed by atoms with E-state index in [9.17, 15) is 4.79 Å². The number of halogens is 3. The number of benzene rings is 2. The molecule has 5 rings (SSSR count). The molecule has 2 N–H and O–H groups in total. The Balaban J connectivity index is 1.36. The van der Waals surface area contributed by atoms with Gasteiger partial charge in [0.1, 0.15) is 6.10 Å². The third-order valence-electron chi connectivity index (χ3n) is 6.06. The lowest BCUT2D eigenvalue weighted by molar-refractivity contribution is -0.143. The number of aromatic nitrogens is 3. The number of fused-ring (bicyclic) bond motifs is 1. The van der Waals surface area contributed by atoms with Crippen LogP contribution in [0.4, 0.5) is 0 Å². The molecule has 174 valence electrons. The van der Waals surface area contributed by atoms with Crippen LogP contribution >= 0.6 is 34.8 Å². The number of carboxylic acids is 1. The second-order valence-electron chi connectivity index (χ2n) is 8.40. The maximum atomic E-state index is 11.1. The molecule has 1 aliphatic carbocycles. The number of carboxylic acid groups (broad SMARTS) is 1. The molecule has 0 atom stereocenters. The molecule has 0 radical (unpaired) electrons. The number of nitrogens with zero attached hydrogens (tertiary/aromatic N) is 2. The predicted octanol–water partition coefficient (Wildman–Crippen LogP) is 7.27. The summed E-state index contributed by atoms with van der Waals surface area (Å²) in [6.45, 7) is 0. The van der Waals surface area contributed by atoms with Crippen LogP contribution in [0.25, 0.3) is 33.5 Å². The quantitative estimate of drug-likeness (QED) is 0.291. The minimum Gasteiger partial charge on any atom is -0.481 e. The smallest absolute Gasteiger partial charge is 0.306 e. The Hall–Kier alpha value is -2.80. The van der Waals surface area contributed by atoms with E-state index in [1.807, 2.05) is 36.4 Å². The standard InChI is InChI=1S/C25H20Cl3N3O3/c26-17-9-16(10-18(27)11-17)13-1-3-14(4-2-13)22-20(28)12-21-23(30-22)31-25(29-21)34-19-7-5-15(6-8-19)24(32)33/h1-4,9-12,15,19H,5-8H2,(H,32,33)(H,29,30,31). The van der Waals surface area contributed by atoms with Gasteiger partial charge in [0.15, 0.2) is 5.65 Å². The molecule has 0 unspecified atom stereocenters. The Morgan fingerprint density at radius 1 is 0.882 bits per heavy atom. The summed E-state index contributed by atoms with van der Waals surface area (Å²) in [7, 11) is 0. The molecule has 0 bridgehead atoms. The lowest BCUT2D eigenvalue weighted by Gasteiger charge is -2.25. The van der Waals surface area contributed by atoms with Gasteiger partial charge in [-0.3, -0.25) is 4.79 Å². The minimum absolute atomic E-state index is 0.0707. The van der Waals surface area contributed by atoms with Crippen molar-refractivity contribution in [1.82, 2.24) is 15.0 Å². The van der Waals surface area contributed by atoms with Gasteiger partial charge in [0.25, 0.3) is 6.01 Å². The summed E-state index contributed by atoms with van der Waals surface area (Å²) in [5.41, 5.74) is 4.53. The summed E-state index contributed by atoms with van der Waals surface area (Å²) in [5.74, 6) is -1.03. The van der Waals surface area contributed by atoms with Crippen molar-refractivity contribution >= 4 is 51.9 Å². The topological polar surface area (TPSA) is 88.1 Å². The van der Waals surface area contributed by atoms with Gasteiger partial charge in [0, 0.05) is 15.6 Å². The largest absolute Gasteiger partial charge is 0.481 e. The van der Waals surface area contributed by atoms with Crippen molar-refractivity contribution in [1.29, 1.82) is 0 Å². The van der Waals surface area contributed by atoms with Crippen LogP contribution in [-0.4, -0.2) is 32.1 Å². The second kappa shape index (κ2) is 9.45. The van der Waals surface area contributed by atoms with Crippen molar-refractivity contribution in [3.63, 3.8) is 0 Å². The normalized spacial score (nSPS) is 18.2. The van der Waals surface area contributed by atoms with Crippen LogP contribution in [0.2, 0.25) is 15.1 Å². The highest BCUT2D eigenvalue weighted by Gasteiger charge is 2.27. The van der Waals surface area contributed by atoms with Crippen LogP contribution in [0.15, 0.2) is 48.5 Å². The molecular formula is C25H20Cl3N3O3. The first-order valence-corrected chi connectivity index (χ1v) is 12.0. The number of H-pyrrole nitrogens is 1. The Morgan fingerprint density at radius 3 is 2.18 bits per heavy atom. The number of hydrogen-bond donors (Lipinski definition) is 2. The van der Waals surface area contributed by atoms with Gasteiger partial charge in [-0.15, -0.1) is 0 Å². The van der Waals surface area contributed by atoms with E-state index in [0.29, 0.717) is 63.6 Å². The SMILES string of the molecule is O=C(O)C1CCC(Oc2nc3nc(-c4ccc(-c5cc(Cl)cc(Cl)c5)cc4)c(Cl)cc3[nH]2)CC1. The number of nitrogens with one attached hydrogen (secondary N) is 1. The average molecular weight is 517 g/mol. The lowest BCUT2D eigenvalue weighted by atomic mass is 9.87. The number of hydrogen-bond acceptors (Lipinski definition) is 4. The molecule has 2 heterocycles. The van der Waals surface area contributed by atoms with Crippen LogP contribution in [-0.2, 0) is 4.79 Å². The summed E-state index contributed by atoms with van der Waals surface area (Å²) in [6.07, 6.45) is 2.49. The van der Waals surface area contributed by atoms with E-state index in [1.165, 1.54) is 0 Å². The van der Waals surface area contributed by atoms with Crippen LogP contribution in [0.1, 0.15) is 25.7 Å². The van der Waals surface area contributed by atoms with Crippen molar-refractivity contribution in [3.05, 3.63) is 63.6 Å². The molecule has 1 fully saturated rings. The lowest BCUT2D eigenvalue weighted by Crippen LogP contribution is -2.28. The highest BCUT2D eigenvalue weighted by atomic mass is 35.5. The van der Waals surface area contributed by atoms with Crippen LogP contribution < -0.4 is 4.74 Å². The molecule has 6 nitrogen and oxygen atoms in total. The number of carbonyl (C=O) groups is 1. The predicted molar refractivity (Wildman–Crippen MR) is 134 cm³/mol. The highest BCUT2D eigenvalue weighted by Crippen LogP contribution is 2.33. The van der Waals surface area contributed by atoms with Crippen molar-refractivity contribution < 1.29 is 14.6 Å². The Kier molecular flexibility index (Phi) is 6.38. The van der Waals surface area contributed by atoms with Gasteiger partial charge < -0.3 is 14.8 Å². The van der Waals surface area contributed by atoms with Gasteiger partial charge in [0.2, 0.25) is 0 Å². The maximum Gasteiger partial charge on any atom is 0.306 e. The summed E-state index contributed by atoms with van der Waals surface area (Å²) >= 11 is 18.8. The molecular weight excluding hydrogens is 497 g/mol. The van der Waals surface area contributed by atoms with Crippen molar-refractivity contribution in [3.8, 4) is 28.4 Å². The Bertz CT molecular complexity index is 1340. The van der Waals surface area contributed by atoms with E-state index in [0.717, 1.165) is 16.7 Å². The third-order valence-corrected chi connectivity index (χ3v) is 6.79. The van der Waals surface area contributed by atoms with E-state index in [4.69, 9.17) is 44.6 Å². The molecule has 2 aromatic heterocycles. The Morgan fingerprint density at radius 2 is 1.53 bits per heavy atom. The number of pyridine rings is 1. The molecule has 4 aromatic rings. The first-order valence-electron chi connectivity index (χ1n) is 10.9. The molecule has 0 saturated heterocycles. The van der Waals surface area contributed by atoms with Gasteiger partial charge in [-0.25, -0.2) is 4.98 Å². The maximum absolute atomic E-state index is 11.1. The fourth-order valence-electron chi connectivity index (χ4n) is 4.28. The van der Waals surface area contributed by atoms with E-state index >= 15 is 0 Å². The summed E-state index contributed by atoms with van der Waals surface area (Å²) < 4.78 is 5.97. The zero-order valence-corrected chi connectivity index (χ0v) is 20.2. The van der Waals surface area contributed by atoms with E-state index in [1.54, 1.807) is 12.1 Å².